The lowest BCUT2D eigenvalue weighted by Gasteiger charge is -2.00. The predicted octanol–water partition coefficient (Wildman–Crippen LogP) is 6.75. The van der Waals surface area contributed by atoms with E-state index in [9.17, 15) is 0 Å². The van der Waals surface area contributed by atoms with E-state index in [1.807, 2.05) is 6.07 Å². The first-order valence-corrected chi connectivity index (χ1v) is 9.02. The Morgan fingerprint density at radius 3 is 2.16 bits per heavy atom. The van der Waals surface area contributed by atoms with Crippen LogP contribution >= 0.6 is 15.9 Å². The van der Waals surface area contributed by atoms with Gasteiger partial charge in [0.2, 0.25) is 0 Å². The molecule has 0 radical (unpaired) electrons. The van der Waals surface area contributed by atoms with Crippen molar-refractivity contribution in [3.05, 3.63) is 83.3 Å². The molecule has 3 aromatic carbocycles. The fraction of sp³-hybridized carbons (Fsp3) is 0. The summed E-state index contributed by atoms with van der Waals surface area (Å²) in [7, 11) is 0. The van der Waals surface area contributed by atoms with Crippen LogP contribution < -0.4 is 0 Å². The van der Waals surface area contributed by atoms with Gasteiger partial charge in [-0.25, -0.2) is 0 Å². The van der Waals surface area contributed by atoms with Crippen molar-refractivity contribution in [2.24, 2.45) is 0 Å². The highest BCUT2D eigenvalue weighted by Gasteiger charge is 2.08. The van der Waals surface area contributed by atoms with Crippen LogP contribution in [-0.2, 0) is 0 Å². The van der Waals surface area contributed by atoms with Crippen molar-refractivity contribution in [2.45, 2.75) is 0 Å². The average Bonchev–Trinajstić information content (AvgIpc) is 3.25. The zero-order valence-electron chi connectivity index (χ0n) is 13.4. The monoisotopic (exact) mass is 386 g/mol. The molecule has 0 aliphatic carbocycles. The summed E-state index contributed by atoms with van der Waals surface area (Å²) in [5.74, 6) is 0. The fourth-order valence-electron chi connectivity index (χ4n) is 3.33. The van der Waals surface area contributed by atoms with Crippen LogP contribution in [0, 0.1) is 0 Å². The second-order valence-electron chi connectivity index (χ2n) is 6.27. The van der Waals surface area contributed by atoms with Crippen molar-refractivity contribution < 1.29 is 0 Å². The third-order valence-electron chi connectivity index (χ3n) is 4.60. The van der Waals surface area contributed by atoms with Crippen LogP contribution in [0.5, 0.6) is 0 Å². The Bertz CT molecular complexity index is 1200. The molecule has 0 aliphatic heterocycles. The molecule has 25 heavy (non-hydrogen) atoms. The molecule has 0 saturated heterocycles. The molecule has 120 valence electrons. The number of fused-ring (bicyclic) bond motifs is 2. The van der Waals surface area contributed by atoms with Crippen molar-refractivity contribution in [2.75, 3.05) is 0 Å². The largest absolute Gasteiger partial charge is 0.353 e. The molecule has 2 heterocycles. The molecule has 0 aliphatic rings. The van der Waals surface area contributed by atoms with Crippen LogP contribution in [0.25, 0.3) is 44.3 Å². The van der Waals surface area contributed by atoms with Gasteiger partial charge in [0.15, 0.2) is 0 Å². The van der Waals surface area contributed by atoms with Crippen LogP contribution in [0.15, 0.2) is 83.3 Å². The SMILES string of the molecule is Brc1ccc2cc(-c3cc4cc(-c5ccccc5)ccc4[nH]3)[nH]c2c1. The van der Waals surface area contributed by atoms with Gasteiger partial charge in [0.1, 0.15) is 0 Å². The number of halogens is 1. The lowest BCUT2D eigenvalue weighted by Crippen LogP contribution is -1.77. The van der Waals surface area contributed by atoms with Gasteiger partial charge >= 0.3 is 0 Å². The van der Waals surface area contributed by atoms with E-state index in [0.29, 0.717) is 0 Å². The molecular weight excluding hydrogens is 372 g/mol. The minimum Gasteiger partial charge on any atom is -0.353 e. The maximum Gasteiger partial charge on any atom is 0.0630 e. The number of aromatic nitrogens is 2. The summed E-state index contributed by atoms with van der Waals surface area (Å²) in [6.07, 6.45) is 0. The summed E-state index contributed by atoms with van der Waals surface area (Å²) < 4.78 is 1.08. The zero-order chi connectivity index (χ0) is 16.8. The Balaban J connectivity index is 1.61. The Morgan fingerprint density at radius 1 is 0.560 bits per heavy atom. The summed E-state index contributed by atoms with van der Waals surface area (Å²) in [6, 6.07) is 27.7. The Hall–Kier alpha value is -2.78. The maximum absolute atomic E-state index is 3.53. The number of nitrogens with one attached hydrogen (secondary N) is 2. The first kappa shape index (κ1) is 14.6. The van der Waals surface area contributed by atoms with Gasteiger partial charge in [-0.15, -0.1) is 0 Å². The molecule has 0 bridgehead atoms. The van der Waals surface area contributed by atoms with Gasteiger partial charge in [0.05, 0.1) is 11.4 Å². The lowest BCUT2D eigenvalue weighted by molar-refractivity contribution is 1.38. The van der Waals surface area contributed by atoms with Crippen molar-refractivity contribution in [3.63, 3.8) is 0 Å². The van der Waals surface area contributed by atoms with E-state index in [2.05, 4.69) is 98.7 Å². The Labute approximate surface area is 153 Å². The van der Waals surface area contributed by atoms with Crippen molar-refractivity contribution >= 4 is 37.7 Å². The number of benzene rings is 3. The summed E-state index contributed by atoms with van der Waals surface area (Å²) in [6.45, 7) is 0. The van der Waals surface area contributed by atoms with E-state index in [1.54, 1.807) is 0 Å². The maximum atomic E-state index is 3.53. The van der Waals surface area contributed by atoms with Gasteiger partial charge in [-0.2, -0.15) is 0 Å². The van der Waals surface area contributed by atoms with Crippen LogP contribution in [0.2, 0.25) is 0 Å². The van der Waals surface area contributed by atoms with Crippen LogP contribution in [0.3, 0.4) is 0 Å². The minimum absolute atomic E-state index is 1.08. The molecule has 0 fully saturated rings. The van der Waals surface area contributed by atoms with Gasteiger partial charge in [-0.05, 0) is 47.5 Å². The number of H-pyrrole nitrogens is 2. The van der Waals surface area contributed by atoms with Crippen LogP contribution in [0.1, 0.15) is 0 Å². The molecule has 0 unspecified atom stereocenters. The molecule has 0 amide bonds. The third-order valence-corrected chi connectivity index (χ3v) is 5.10. The predicted molar refractivity (Wildman–Crippen MR) is 109 cm³/mol. The van der Waals surface area contributed by atoms with Crippen molar-refractivity contribution in [1.82, 2.24) is 9.97 Å². The molecule has 2 aromatic heterocycles. The van der Waals surface area contributed by atoms with Crippen LogP contribution in [-0.4, -0.2) is 9.97 Å². The summed E-state index contributed by atoms with van der Waals surface area (Å²) in [5, 5.41) is 2.43. The van der Waals surface area contributed by atoms with E-state index in [0.717, 1.165) is 26.9 Å². The summed E-state index contributed by atoms with van der Waals surface area (Å²) >= 11 is 3.53. The average molecular weight is 387 g/mol. The molecular formula is C22H15BrN2. The number of hydrogen-bond donors (Lipinski definition) is 2. The number of aromatic amines is 2. The smallest absolute Gasteiger partial charge is 0.0630 e. The number of rotatable bonds is 2. The quantitative estimate of drug-likeness (QED) is 0.336. The topological polar surface area (TPSA) is 31.6 Å². The van der Waals surface area contributed by atoms with E-state index < -0.39 is 0 Å². The van der Waals surface area contributed by atoms with E-state index in [-0.39, 0.29) is 0 Å². The van der Waals surface area contributed by atoms with Gasteiger partial charge < -0.3 is 9.97 Å². The summed E-state index contributed by atoms with van der Waals surface area (Å²) in [4.78, 5) is 7.02. The van der Waals surface area contributed by atoms with Crippen molar-refractivity contribution in [1.29, 1.82) is 0 Å². The lowest BCUT2D eigenvalue weighted by atomic mass is 10.0. The molecule has 0 atom stereocenters. The molecule has 2 N–H and O–H groups in total. The highest BCUT2D eigenvalue weighted by Crippen LogP contribution is 2.30. The van der Waals surface area contributed by atoms with E-state index >= 15 is 0 Å². The van der Waals surface area contributed by atoms with Gasteiger partial charge in [-0.3, -0.25) is 0 Å². The molecule has 3 heteroatoms. The molecule has 2 nitrogen and oxygen atoms in total. The van der Waals surface area contributed by atoms with Gasteiger partial charge in [0.25, 0.3) is 0 Å². The first-order chi connectivity index (χ1) is 12.3. The molecule has 5 rings (SSSR count). The molecule has 5 aromatic rings. The summed E-state index contributed by atoms with van der Waals surface area (Å²) in [5.41, 5.74) is 6.96. The Kier molecular flexibility index (Phi) is 3.28. The van der Waals surface area contributed by atoms with Crippen LogP contribution in [0.4, 0.5) is 0 Å². The third kappa shape index (κ3) is 2.57. The second kappa shape index (κ2) is 5.64. The minimum atomic E-state index is 1.08. The normalized spacial score (nSPS) is 11.4. The van der Waals surface area contributed by atoms with Gasteiger partial charge in [-0.1, -0.05) is 58.4 Å². The number of hydrogen-bond acceptors (Lipinski definition) is 0. The zero-order valence-corrected chi connectivity index (χ0v) is 15.0. The standard InChI is InChI=1S/C22H15BrN2/c23-18-8-6-16-11-21(25-20(16)13-18)22-12-17-10-15(7-9-19(17)24-22)14-4-2-1-3-5-14/h1-13,24-25H. The fourth-order valence-corrected chi connectivity index (χ4v) is 3.69. The van der Waals surface area contributed by atoms with E-state index in [1.165, 1.54) is 21.9 Å². The van der Waals surface area contributed by atoms with Gasteiger partial charge in [0, 0.05) is 26.3 Å². The Morgan fingerprint density at radius 2 is 1.32 bits per heavy atom. The van der Waals surface area contributed by atoms with Crippen molar-refractivity contribution in [3.8, 4) is 22.5 Å². The first-order valence-electron chi connectivity index (χ1n) is 8.23. The highest BCUT2D eigenvalue weighted by atomic mass is 79.9. The highest BCUT2D eigenvalue weighted by molar-refractivity contribution is 9.10. The molecule has 0 spiro atoms. The molecule has 0 saturated carbocycles. The second-order valence-corrected chi connectivity index (χ2v) is 7.18. The van der Waals surface area contributed by atoms with E-state index in [4.69, 9.17) is 0 Å².